The third kappa shape index (κ3) is 3.99. The lowest BCUT2D eigenvalue weighted by molar-refractivity contribution is -0.122. The van der Waals surface area contributed by atoms with Crippen LogP contribution in [0.25, 0.3) is 0 Å². The Morgan fingerprint density at radius 2 is 2.21 bits per heavy atom. The molecule has 2 atom stereocenters. The molecule has 0 heterocycles. The minimum atomic E-state index is 0.218. The molecule has 0 aromatic rings. The van der Waals surface area contributed by atoms with E-state index in [1.807, 2.05) is 0 Å². The summed E-state index contributed by atoms with van der Waals surface area (Å²) in [4.78, 5) is 12.0. The fourth-order valence-electron chi connectivity index (χ4n) is 1.78. The summed E-state index contributed by atoms with van der Waals surface area (Å²) >= 11 is 3.60. The summed E-state index contributed by atoms with van der Waals surface area (Å²) in [5.41, 5.74) is 0. The number of hydrogen-bond acceptors (Lipinski definition) is 1. The summed E-state index contributed by atoms with van der Waals surface area (Å²) in [6, 6.07) is 0.370. The molecule has 1 fully saturated rings. The normalized spacial score (nSPS) is 26.9. The van der Waals surface area contributed by atoms with Crippen LogP contribution in [0.3, 0.4) is 0 Å². The molecule has 0 aromatic heterocycles. The largest absolute Gasteiger partial charge is 0.352 e. The molecule has 0 aliphatic heterocycles. The SMILES string of the molecule is CC(C)CCC(=O)NC1CCCC1Br. The number of carbonyl (C=O) groups is 1. The maximum absolute atomic E-state index is 11.5. The minimum Gasteiger partial charge on any atom is -0.352 e. The van der Waals surface area contributed by atoms with Gasteiger partial charge in [0, 0.05) is 17.3 Å². The number of carbonyl (C=O) groups excluding carboxylic acids is 1. The number of rotatable bonds is 4. The van der Waals surface area contributed by atoms with Crippen LogP contribution < -0.4 is 5.32 Å². The number of halogens is 1. The molecule has 0 saturated heterocycles. The predicted molar refractivity (Wildman–Crippen MR) is 62.6 cm³/mol. The minimum absolute atomic E-state index is 0.218. The standard InChI is InChI=1S/C11H20BrNO/c1-8(2)6-7-11(14)13-10-5-3-4-9(10)12/h8-10H,3-7H2,1-2H3,(H,13,14). The first-order valence-corrected chi connectivity index (χ1v) is 6.44. The fourth-order valence-corrected chi connectivity index (χ4v) is 2.50. The van der Waals surface area contributed by atoms with Crippen LogP contribution in [-0.2, 0) is 4.79 Å². The molecule has 1 aliphatic carbocycles. The lowest BCUT2D eigenvalue weighted by atomic mass is 10.1. The summed E-state index contributed by atoms with van der Waals surface area (Å²) in [7, 11) is 0. The van der Waals surface area contributed by atoms with Gasteiger partial charge in [0.25, 0.3) is 0 Å². The third-order valence-electron chi connectivity index (χ3n) is 2.73. The van der Waals surface area contributed by atoms with Gasteiger partial charge in [-0.25, -0.2) is 0 Å². The van der Waals surface area contributed by atoms with Gasteiger partial charge in [0.1, 0.15) is 0 Å². The molecule has 1 amide bonds. The first kappa shape index (κ1) is 12.0. The van der Waals surface area contributed by atoms with Gasteiger partial charge in [0.2, 0.25) is 5.91 Å². The second-order valence-electron chi connectivity index (χ2n) is 4.55. The fraction of sp³-hybridized carbons (Fsp3) is 0.909. The van der Waals surface area contributed by atoms with Gasteiger partial charge < -0.3 is 5.32 Å². The zero-order valence-electron chi connectivity index (χ0n) is 9.05. The van der Waals surface area contributed by atoms with Crippen LogP contribution >= 0.6 is 15.9 Å². The van der Waals surface area contributed by atoms with Crippen LogP contribution in [0.15, 0.2) is 0 Å². The molecular formula is C11H20BrNO. The number of amides is 1. The van der Waals surface area contributed by atoms with Crippen molar-refractivity contribution < 1.29 is 4.79 Å². The molecule has 2 nitrogen and oxygen atoms in total. The molecule has 1 N–H and O–H groups in total. The Balaban J connectivity index is 2.19. The Hall–Kier alpha value is -0.0500. The smallest absolute Gasteiger partial charge is 0.220 e. The highest BCUT2D eigenvalue weighted by Crippen LogP contribution is 2.25. The molecule has 1 aliphatic rings. The van der Waals surface area contributed by atoms with E-state index in [1.165, 1.54) is 12.8 Å². The Labute approximate surface area is 95.0 Å². The number of hydrogen-bond donors (Lipinski definition) is 1. The second-order valence-corrected chi connectivity index (χ2v) is 5.73. The van der Waals surface area contributed by atoms with Gasteiger partial charge in [0.15, 0.2) is 0 Å². The predicted octanol–water partition coefficient (Wildman–Crippen LogP) is 2.85. The quantitative estimate of drug-likeness (QED) is 0.775. The lowest BCUT2D eigenvalue weighted by Gasteiger charge is -2.16. The van der Waals surface area contributed by atoms with Crippen LogP contribution in [0.4, 0.5) is 0 Å². The Kier molecular flexibility index (Phi) is 4.93. The Morgan fingerprint density at radius 3 is 2.71 bits per heavy atom. The van der Waals surface area contributed by atoms with Crippen molar-refractivity contribution in [3.63, 3.8) is 0 Å². The van der Waals surface area contributed by atoms with E-state index in [0.717, 1.165) is 12.8 Å². The Bertz CT molecular complexity index is 194. The number of nitrogens with one attached hydrogen (secondary N) is 1. The van der Waals surface area contributed by atoms with E-state index < -0.39 is 0 Å². The molecule has 82 valence electrons. The van der Waals surface area contributed by atoms with E-state index in [-0.39, 0.29) is 5.91 Å². The van der Waals surface area contributed by atoms with Gasteiger partial charge in [0.05, 0.1) is 0 Å². The van der Waals surface area contributed by atoms with Crippen molar-refractivity contribution in [1.29, 1.82) is 0 Å². The van der Waals surface area contributed by atoms with Gasteiger partial charge in [-0.15, -0.1) is 0 Å². The van der Waals surface area contributed by atoms with E-state index in [4.69, 9.17) is 0 Å². The molecule has 2 unspecified atom stereocenters. The first-order valence-electron chi connectivity index (χ1n) is 5.53. The van der Waals surface area contributed by atoms with E-state index in [9.17, 15) is 4.79 Å². The zero-order valence-corrected chi connectivity index (χ0v) is 10.6. The van der Waals surface area contributed by atoms with Crippen LogP contribution in [0.2, 0.25) is 0 Å². The van der Waals surface area contributed by atoms with E-state index >= 15 is 0 Å². The molecule has 14 heavy (non-hydrogen) atoms. The van der Waals surface area contributed by atoms with Crippen molar-refractivity contribution in [1.82, 2.24) is 5.32 Å². The van der Waals surface area contributed by atoms with Crippen molar-refractivity contribution in [2.24, 2.45) is 5.92 Å². The maximum atomic E-state index is 11.5. The maximum Gasteiger partial charge on any atom is 0.220 e. The molecule has 1 rings (SSSR count). The van der Waals surface area contributed by atoms with Gasteiger partial charge in [-0.2, -0.15) is 0 Å². The summed E-state index contributed by atoms with van der Waals surface area (Å²) in [6.45, 7) is 4.30. The molecular weight excluding hydrogens is 242 g/mol. The number of alkyl halides is 1. The second kappa shape index (κ2) is 5.74. The summed E-state index contributed by atoms with van der Waals surface area (Å²) in [6.07, 6.45) is 5.21. The average molecular weight is 262 g/mol. The van der Waals surface area contributed by atoms with E-state index in [0.29, 0.717) is 23.2 Å². The van der Waals surface area contributed by atoms with Crippen molar-refractivity contribution in [3.05, 3.63) is 0 Å². The van der Waals surface area contributed by atoms with Gasteiger partial charge in [-0.1, -0.05) is 36.2 Å². The lowest BCUT2D eigenvalue weighted by Crippen LogP contribution is -2.37. The molecule has 0 radical (unpaired) electrons. The van der Waals surface area contributed by atoms with Crippen LogP contribution in [0.5, 0.6) is 0 Å². The highest BCUT2D eigenvalue weighted by atomic mass is 79.9. The van der Waals surface area contributed by atoms with Crippen molar-refractivity contribution in [3.8, 4) is 0 Å². The average Bonchev–Trinajstić information content (AvgIpc) is 2.49. The van der Waals surface area contributed by atoms with Gasteiger partial charge in [-0.3, -0.25) is 4.79 Å². The van der Waals surface area contributed by atoms with E-state index in [2.05, 4.69) is 35.1 Å². The van der Waals surface area contributed by atoms with Crippen molar-refractivity contribution >= 4 is 21.8 Å². The third-order valence-corrected chi connectivity index (χ3v) is 3.82. The van der Waals surface area contributed by atoms with Crippen LogP contribution in [0, 0.1) is 5.92 Å². The summed E-state index contributed by atoms with van der Waals surface area (Å²) < 4.78 is 0. The van der Waals surface area contributed by atoms with Crippen molar-refractivity contribution in [2.75, 3.05) is 0 Å². The first-order chi connectivity index (χ1) is 6.59. The topological polar surface area (TPSA) is 29.1 Å². The molecule has 3 heteroatoms. The van der Waals surface area contributed by atoms with Gasteiger partial charge >= 0.3 is 0 Å². The summed E-state index contributed by atoms with van der Waals surface area (Å²) in [5, 5.41) is 3.10. The molecule has 1 saturated carbocycles. The molecule has 0 spiro atoms. The molecule has 0 aromatic carbocycles. The monoisotopic (exact) mass is 261 g/mol. The van der Waals surface area contributed by atoms with Gasteiger partial charge in [-0.05, 0) is 25.2 Å². The highest BCUT2D eigenvalue weighted by molar-refractivity contribution is 9.09. The summed E-state index contributed by atoms with van der Waals surface area (Å²) in [5.74, 6) is 0.833. The Morgan fingerprint density at radius 1 is 1.50 bits per heavy atom. The van der Waals surface area contributed by atoms with Crippen LogP contribution in [0.1, 0.15) is 46.0 Å². The molecule has 0 bridgehead atoms. The van der Waals surface area contributed by atoms with E-state index in [1.54, 1.807) is 0 Å². The highest BCUT2D eigenvalue weighted by Gasteiger charge is 2.25. The van der Waals surface area contributed by atoms with Crippen LogP contribution in [-0.4, -0.2) is 16.8 Å². The zero-order chi connectivity index (χ0) is 10.6. The van der Waals surface area contributed by atoms with Crippen molar-refractivity contribution in [2.45, 2.75) is 56.8 Å².